The van der Waals surface area contributed by atoms with E-state index in [1.54, 1.807) is 30.8 Å². The van der Waals surface area contributed by atoms with Crippen molar-refractivity contribution in [2.24, 2.45) is 0 Å². The van der Waals surface area contributed by atoms with Crippen LogP contribution in [0.4, 0.5) is 0 Å². The third-order valence-corrected chi connectivity index (χ3v) is 4.15. The second-order valence-corrected chi connectivity index (χ2v) is 5.89. The first kappa shape index (κ1) is 14.1. The fourth-order valence-corrected chi connectivity index (χ4v) is 2.72. The third-order valence-electron chi connectivity index (χ3n) is 2.75. The van der Waals surface area contributed by atoms with Crippen molar-refractivity contribution in [3.63, 3.8) is 0 Å². The molecule has 1 aromatic rings. The Morgan fingerprint density at radius 3 is 2.35 bits per heavy atom. The molecule has 0 spiro atoms. The van der Waals surface area contributed by atoms with Crippen LogP contribution in [-0.4, -0.2) is 35.9 Å². The van der Waals surface area contributed by atoms with Crippen molar-refractivity contribution in [1.82, 2.24) is 4.90 Å². The fraction of sp³-hybridized carbons (Fsp3) is 0.500. The number of nitrogens with zero attached hydrogens (tertiary/aromatic N) is 1. The van der Waals surface area contributed by atoms with E-state index in [9.17, 15) is 4.79 Å². The molecule has 0 heterocycles. The number of hydrogen-bond donors (Lipinski definition) is 0. The number of rotatable bonds is 5. The van der Waals surface area contributed by atoms with Crippen LogP contribution in [0.2, 0.25) is 0 Å². The number of amides is 1. The number of carbonyl (C=O) groups is 1. The standard InChI is InChI=1S/C14H21NOS/c1-11(13-8-6-5-7-9-13)10-17-12(2)14(16)15(3)4/h5-9,11-12H,10H2,1-4H3/t11-,12+/m0/s1. The van der Waals surface area contributed by atoms with Crippen molar-refractivity contribution in [3.05, 3.63) is 35.9 Å². The molecule has 0 bridgehead atoms. The first-order chi connectivity index (χ1) is 8.02. The Morgan fingerprint density at radius 2 is 1.82 bits per heavy atom. The fourth-order valence-electron chi connectivity index (χ4n) is 1.60. The van der Waals surface area contributed by atoms with Gasteiger partial charge in [0.1, 0.15) is 0 Å². The molecule has 0 N–H and O–H groups in total. The van der Waals surface area contributed by atoms with Crippen LogP contribution < -0.4 is 0 Å². The molecular weight excluding hydrogens is 230 g/mol. The molecular formula is C14H21NOS. The number of carbonyl (C=O) groups excluding carboxylic acids is 1. The van der Waals surface area contributed by atoms with Gasteiger partial charge in [-0.3, -0.25) is 4.79 Å². The summed E-state index contributed by atoms with van der Waals surface area (Å²) in [6.07, 6.45) is 0. The van der Waals surface area contributed by atoms with Crippen LogP contribution in [0.25, 0.3) is 0 Å². The van der Waals surface area contributed by atoms with E-state index in [1.807, 2.05) is 13.0 Å². The van der Waals surface area contributed by atoms with Crippen LogP contribution in [0.1, 0.15) is 25.3 Å². The van der Waals surface area contributed by atoms with E-state index in [4.69, 9.17) is 0 Å². The van der Waals surface area contributed by atoms with Crippen LogP contribution in [0.3, 0.4) is 0 Å². The molecule has 2 nitrogen and oxygen atoms in total. The molecule has 3 heteroatoms. The topological polar surface area (TPSA) is 20.3 Å². The lowest BCUT2D eigenvalue weighted by Gasteiger charge is -2.18. The molecule has 0 aromatic heterocycles. The molecule has 0 unspecified atom stereocenters. The van der Waals surface area contributed by atoms with Gasteiger partial charge in [0.2, 0.25) is 5.91 Å². The summed E-state index contributed by atoms with van der Waals surface area (Å²) in [6.45, 7) is 4.18. The first-order valence-electron chi connectivity index (χ1n) is 5.90. The van der Waals surface area contributed by atoms with Crippen LogP contribution in [0.15, 0.2) is 30.3 Å². The van der Waals surface area contributed by atoms with Crippen molar-refractivity contribution in [2.75, 3.05) is 19.8 Å². The minimum atomic E-state index is 0.0381. The molecule has 0 aliphatic rings. The van der Waals surface area contributed by atoms with Crippen molar-refractivity contribution in [1.29, 1.82) is 0 Å². The van der Waals surface area contributed by atoms with Crippen molar-refractivity contribution >= 4 is 17.7 Å². The monoisotopic (exact) mass is 251 g/mol. The van der Waals surface area contributed by atoms with E-state index in [0.29, 0.717) is 5.92 Å². The summed E-state index contributed by atoms with van der Waals surface area (Å²) >= 11 is 1.72. The van der Waals surface area contributed by atoms with E-state index in [-0.39, 0.29) is 11.2 Å². The van der Waals surface area contributed by atoms with Crippen LogP contribution in [0.5, 0.6) is 0 Å². The number of benzene rings is 1. The summed E-state index contributed by atoms with van der Waals surface area (Å²) in [5.74, 6) is 1.65. The van der Waals surface area contributed by atoms with E-state index in [2.05, 4.69) is 31.2 Å². The second kappa shape index (κ2) is 6.70. The van der Waals surface area contributed by atoms with Gasteiger partial charge < -0.3 is 4.90 Å². The highest BCUT2D eigenvalue weighted by Crippen LogP contribution is 2.23. The minimum absolute atomic E-state index is 0.0381. The molecule has 1 amide bonds. The largest absolute Gasteiger partial charge is 0.348 e. The minimum Gasteiger partial charge on any atom is -0.348 e. The Balaban J connectivity index is 2.44. The lowest BCUT2D eigenvalue weighted by molar-refractivity contribution is -0.127. The zero-order chi connectivity index (χ0) is 12.8. The molecule has 0 radical (unpaired) electrons. The van der Waals surface area contributed by atoms with E-state index in [1.165, 1.54) is 5.56 Å². The zero-order valence-electron chi connectivity index (χ0n) is 11.0. The normalized spacial score (nSPS) is 14.1. The Hall–Kier alpha value is -0.960. The lowest BCUT2D eigenvalue weighted by atomic mass is 10.0. The summed E-state index contributed by atoms with van der Waals surface area (Å²) in [6, 6.07) is 10.4. The maximum absolute atomic E-state index is 11.7. The van der Waals surface area contributed by atoms with Crippen molar-refractivity contribution < 1.29 is 4.79 Å². The number of thioether (sulfide) groups is 1. The SMILES string of the molecule is C[C@@H](SC[C@H](C)c1ccccc1)C(=O)N(C)C. The van der Waals surface area contributed by atoms with Gasteiger partial charge in [-0.2, -0.15) is 0 Å². The molecule has 0 aliphatic carbocycles. The molecule has 17 heavy (non-hydrogen) atoms. The highest BCUT2D eigenvalue weighted by Gasteiger charge is 2.16. The van der Waals surface area contributed by atoms with Gasteiger partial charge in [-0.1, -0.05) is 37.3 Å². The zero-order valence-corrected chi connectivity index (χ0v) is 11.8. The molecule has 2 atom stereocenters. The molecule has 0 aliphatic heterocycles. The average Bonchev–Trinajstić information content (AvgIpc) is 2.35. The predicted molar refractivity (Wildman–Crippen MR) is 75.5 cm³/mol. The molecule has 0 fully saturated rings. The summed E-state index contributed by atoms with van der Waals surface area (Å²) < 4.78 is 0. The van der Waals surface area contributed by atoms with Crippen LogP contribution in [0, 0.1) is 0 Å². The Kier molecular flexibility index (Phi) is 5.56. The van der Waals surface area contributed by atoms with Gasteiger partial charge in [-0.25, -0.2) is 0 Å². The highest BCUT2D eigenvalue weighted by molar-refractivity contribution is 8.00. The van der Waals surface area contributed by atoms with Gasteiger partial charge in [0.25, 0.3) is 0 Å². The van der Waals surface area contributed by atoms with Gasteiger partial charge in [0.05, 0.1) is 5.25 Å². The van der Waals surface area contributed by atoms with Gasteiger partial charge in [-0.05, 0) is 18.4 Å². The van der Waals surface area contributed by atoms with Crippen molar-refractivity contribution in [2.45, 2.75) is 25.0 Å². The maximum Gasteiger partial charge on any atom is 0.234 e. The van der Waals surface area contributed by atoms with Gasteiger partial charge in [0, 0.05) is 19.8 Å². The maximum atomic E-state index is 11.7. The Labute approximate surface area is 108 Å². The van der Waals surface area contributed by atoms with Gasteiger partial charge in [-0.15, -0.1) is 11.8 Å². The van der Waals surface area contributed by atoms with E-state index < -0.39 is 0 Å². The first-order valence-corrected chi connectivity index (χ1v) is 6.95. The third kappa shape index (κ3) is 4.43. The summed E-state index contributed by atoms with van der Waals surface area (Å²) in [5.41, 5.74) is 1.34. The highest BCUT2D eigenvalue weighted by atomic mass is 32.2. The van der Waals surface area contributed by atoms with Crippen LogP contribution >= 0.6 is 11.8 Å². The molecule has 0 saturated heterocycles. The molecule has 1 aromatic carbocycles. The summed E-state index contributed by atoms with van der Waals surface area (Å²) in [7, 11) is 3.61. The van der Waals surface area contributed by atoms with Gasteiger partial charge >= 0.3 is 0 Å². The molecule has 1 rings (SSSR count). The lowest BCUT2D eigenvalue weighted by Crippen LogP contribution is -2.30. The van der Waals surface area contributed by atoms with Crippen LogP contribution in [-0.2, 0) is 4.79 Å². The Bertz CT molecular complexity index is 350. The average molecular weight is 251 g/mol. The second-order valence-electron chi connectivity index (χ2n) is 4.52. The smallest absolute Gasteiger partial charge is 0.234 e. The summed E-state index contributed by atoms with van der Waals surface area (Å²) in [4.78, 5) is 13.4. The summed E-state index contributed by atoms with van der Waals surface area (Å²) in [5, 5.41) is 0.0381. The quantitative estimate of drug-likeness (QED) is 0.802. The van der Waals surface area contributed by atoms with E-state index >= 15 is 0 Å². The van der Waals surface area contributed by atoms with Gasteiger partial charge in [0.15, 0.2) is 0 Å². The predicted octanol–water partition coefficient (Wildman–Crippen LogP) is 3.00. The molecule has 94 valence electrons. The van der Waals surface area contributed by atoms with E-state index in [0.717, 1.165) is 5.75 Å². The number of hydrogen-bond acceptors (Lipinski definition) is 2. The molecule has 0 saturated carbocycles. The van der Waals surface area contributed by atoms with Crippen molar-refractivity contribution in [3.8, 4) is 0 Å². The Morgan fingerprint density at radius 1 is 1.24 bits per heavy atom.